The number of ether oxygens (including phenoxy) is 1. The second kappa shape index (κ2) is 6.67. The molecule has 1 N–H and O–H groups in total. The Bertz CT molecular complexity index is 722. The van der Waals surface area contributed by atoms with E-state index in [0.717, 1.165) is 43.5 Å². The van der Waals surface area contributed by atoms with Crippen LogP contribution in [0.4, 0.5) is 5.69 Å². The highest BCUT2D eigenvalue weighted by Crippen LogP contribution is 2.56. The SMILES string of the molecule is COCCCNC(=O)C1CC2CCCN2C12C(=O)N(C)c1ccccc12. The van der Waals surface area contributed by atoms with Crippen molar-refractivity contribution < 1.29 is 14.3 Å². The van der Waals surface area contributed by atoms with Crippen molar-refractivity contribution in [1.29, 1.82) is 0 Å². The van der Waals surface area contributed by atoms with Gasteiger partial charge in [-0.2, -0.15) is 0 Å². The number of fused-ring (bicyclic) bond motifs is 4. The van der Waals surface area contributed by atoms with Crippen molar-refractivity contribution in [3.8, 4) is 0 Å². The zero-order valence-corrected chi connectivity index (χ0v) is 15.5. The van der Waals surface area contributed by atoms with Gasteiger partial charge in [-0.3, -0.25) is 14.5 Å². The van der Waals surface area contributed by atoms with Gasteiger partial charge in [0.05, 0.1) is 5.92 Å². The van der Waals surface area contributed by atoms with Crippen LogP contribution in [0.3, 0.4) is 0 Å². The van der Waals surface area contributed by atoms with Gasteiger partial charge < -0.3 is 15.0 Å². The van der Waals surface area contributed by atoms with Crippen LogP contribution in [0.1, 0.15) is 31.2 Å². The molecule has 3 unspecified atom stereocenters. The molecule has 26 heavy (non-hydrogen) atoms. The van der Waals surface area contributed by atoms with Crippen LogP contribution in [0, 0.1) is 5.92 Å². The minimum absolute atomic E-state index is 0.00560. The van der Waals surface area contributed by atoms with Crippen LogP contribution in [0.15, 0.2) is 24.3 Å². The van der Waals surface area contributed by atoms with E-state index in [-0.39, 0.29) is 17.7 Å². The zero-order chi connectivity index (χ0) is 18.3. The van der Waals surface area contributed by atoms with E-state index in [1.54, 1.807) is 12.0 Å². The molecule has 1 aromatic rings. The maximum atomic E-state index is 13.5. The normalized spacial score (nSPS) is 30.1. The van der Waals surface area contributed by atoms with Crippen LogP contribution in [-0.2, 0) is 19.9 Å². The van der Waals surface area contributed by atoms with E-state index in [1.807, 2.05) is 31.3 Å². The first-order valence-electron chi connectivity index (χ1n) is 9.53. The molecule has 0 saturated carbocycles. The van der Waals surface area contributed by atoms with Crippen molar-refractivity contribution in [3.05, 3.63) is 29.8 Å². The molecule has 140 valence electrons. The van der Waals surface area contributed by atoms with Crippen molar-refractivity contribution in [3.63, 3.8) is 0 Å². The van der Waals surface area contributed by atoms with Gasteiger partial charge in [0.15, 0.2) is 0 Å². The Morgan fingerprint density at radius 2 is 2.19 bits per heavy atom. The summed E-state index contributed by atoms with van der Waals surface area (Å²) < 4.78 is 5.06. The summed E-state index contributed by atoms with van der Waals surface area (Å²) >= 11 is 0. The average Bonchev–Trinajstić information content (AvgIpc) is 3.29. The maximum Gasteiger partial charge on any atom is 0.252 e. The maximum absolute atomic E-state index is 13.5. The molecule has 0 radical (unpaired) electrons. The van der Waals surface area contributed by atoms with Gasteiger partial charge in [-0.05, 0) is 38.3 Å². The van der Waals surface area contributed by atoms with Crippen LogP contribution in [-0.4, -0.2) is 56.6 Å². The van der Waals surface area contributed by atoms with Crippen LogP contribution >= 0.6 is 0 Å². The smallest absolute Gasteiger partial charge is 0.252 e. The lowest BCUT2D eigenvalue weighted by molar-refractivity contribution is -0.138. The predicted octanol–water partition coefficient (Wildman–Crippen LogP) is 1.50. The lowest BCUT2D eigenvalue weighted by atomic mass is 9.78. The molecule has 1 spiro atoms. The molecule has 1 aromatic carbocycles. The molecule has 3 heterocycles. The predicted molar refractivity (Wildman–Crippen MR) is 98.9 cm³/mol. The van der Waals surface area contributed by atoms with Crippen LogP contribution in [0.5, 0.6) is 0 Å². The lowest BCUT2D eigenvalue weighted by Crippen LogP contribution is -2.55. The molecular weight excluding hydrogens is 330 g/mol. The highest BCUT2D eigenvalue weighted by atomic mass is 16.5. The average molecular weight is 357 g/mol. The third kappa shape index (κ3) is 2.32. The van der Waals surface area contributed by atoms with Gasteiger partial charge in [0, 0.05) is 44.6 Å². The molecule has 4 rings (SSSR count). The quantitative estimate of drug-likeness (QED) is 0.811. The second-order valence-electron chi connectivity index (χ2n) is 7.56. The van der Waals surface area contributed by atoms with Crippen LogP contribution in [0.25, 0.3) is 0 Å². The monoisotopic (exact) mass is 357 g/mol. The van der Waals surface area contributed by atoms with Gasteiger partial charge in [0.1, 0.15) is 5.54 Å². The Labute approximate surface area is 154 Å². The summed E-state index contributed by atoms with van der Waals surface area (Å²) in [5.41, 5.74) is 1.09. The lowest BCUT2D eigenvalue weighted by Gasteiger charge is -2.37. The third-order valence-corrected chi connectivity index (χ3v) is 6.29. The number of anilines is 1. The summed E-state index contributed by atoms with van der Waals surface area (Å²) in [4.78, 5) is 30.7. The van der Waals surface area contributed by atoms with Gasteiger partial charge in [-0.1, -0.05) is 18.2 Å². The fourth-order valence-electron chi connectivity index (χ4n) is 5.22. The van der Waals surface area contributed by atoms with Gasteiger partial charge in [0.25, 0.3) is 5.91 Å². The van der Waals surface area contributed by atoms with Crippen molar-refractivity contribution in [2.24, 2.45) is 5.92 Å². The Morgan fingerprint density at radius 3 is 3.00 bits per heavy atom. The summed E-state index contributed by atoms with van der Waals surface area (Å²) in [5, 5.41) is 3.05. The molecule has 2 saturated heterocycles. The molecule has 3 atom stereocenters. The summed E-state index contributed by atoms with van der Waals surface area (Å²) in [6, 6.07) is 8.26. The van der Waals surface area contributed by atoms with Gasteiger partial charge in [-0.15, -0.1) is 0 Å². The number of benzene rings is 1. The number of carbonyl (C=O) groups excluding carboxylic acids is 2. The van der Waals surface area contributed by atoms with E-state index < -0.39 is 5.54 Å². The number of hydrogen-bond donors (Lipinski definition) is 1. The molecule has 3 aliphatic heterocycles. The number of carbonyl (C=O) groups is 2. The number of nitrogens with one attached hydrogen (secondary N) is 1. The van der Waals surface area contributed by atoms with Crippen molar-refractivity contribution in [1.82, 2.24) is 10.2 Å². The number of amides is 2. The Hall–Kier alpha value is -1.92. The topological polar surface area (TPSA) is 61.9 Å². The first kappa shape index (κ1) is 17.5. The first-order chi connectivity index (χ1) is 12.6. The van der Waals surface area contributed by atoms with Crippen molar-refractivity contribution in [2.45, 2.75) is 37.3 Å². The fraction of sp³-hybridized carbons (Fsp3) is 0.600. The van der Waals surface area contributed by atoms with Crippen LogP contribution < -0.4 is 10.2 Å². The number of nitrogens with zero attached hydrogens (tertiary/aromatic N) is 2. The molecule has 0 bridgehead atoms. The van der Waals surface area contributed by atoms with Gasteiger partial charge in [0.2, 0.25) is 5.91 Å². The molecule has 2 fully saturated rings. The number of methoxy groups -OCH3 is 1. The Balaban J connectivity index is 1.71. The van der Waals surface area contributed by atoms with Crippen molar-refractivity contribution >= 4 is 17.5 Å². The molecule has 0 aliphatic carbocycles. The summed E-state index contributed by atoms with van der Waals surface area (Å²) in [7, 11) is 3.49. The minimum Gasteiger partial charge on any atom is -0.385 e. The molecule has 3 aliphatic rings. The summed E-state index contributed by atoms with van der Waals surface area (Å²) in [6.45, 7) is 2.08. The van der Waals surface area contributed by atoms with E-state index in [2.05, 4.69) is 10.2 Å². The summed E-state index contributed by atoms with van der Waals surface area (Å²) in [6.07, 6.45) is 3.69. The van der Waals surface area contributed by atoms with Gasteiger partial charge in [-0.25, -0.2) is 0 Å². The number of hydrogen-bond acceptors (Lipinski definition) is 4. The highest BCUT2D eigenvalue weighted by molar-refractivity contribution is 6.10. The molecule has 6 heteroatoms. The molecule has 0 aromatic heterocycles. The highest BCUT2D eigenvalue weighted by Gasteiger charge is 2.66. The first-order valence-corrected chi connectivity index (χ1v) is 9.53. The van der Waals surface area contributed by atoms with E-state index in [1.165, 1.54) is 0 Å². The summed E-state index contributed by atoms with van der Waals surface area (Å²) in [5.74, 6) is -0.303. The largest absolute Gasteiger partial charge is 0.385 e. The Morgan fingerprint density at radius 1 is 1.38 bits per heavy atom. The zero-order valence-electron chi connectivity index (χ0n) is 15.5. The van der Waals surface area contributed by atoms with E-state index in [0.29, 0.717) is 19.2 Å². The Kier molecular flexibility index (Phi) is 4.49. The number of para-hydroxylation sites is 1. The fourth-order valence-corrected chi connectivity index (χ4v) is 5.22. The number of likely N-dealkylation sites (N-methyl/N-ethyl adjacent to an activating group) is 1. The number of rotatable bonds is 5. The third-order valence-electron chi connectivity index (χ3n) is 6.29. The van der Waals surface area contributed by atoms with E-state index >= 15 is 0 Å². The molecule has 2 amide bonds. The van der Waals surface area contributed by atoms with E-state index in [9.17, 15) is 9.59 Å². The molecule has 6 nitrogen and oxygen atoms in total. The standard InChI is InChI=1S/C20H27N3O3/c1-22-17-9-4-3-8-15(17)20(19(22)25)16(13-14-7-5-11-23(14)20)18(24)21-10-6-12-26-2/h3-4,8-9,14,16H,5-7,10-13H2,1-2H3,(H,21,24). The van der Waals surface area contributed by atoms with Gasteiger partial charge >= 0.3 is 0 Å². The van der Waals surface area contributed by atoms with Crippen molar-refractivity contribution in [2.75, 3.05) is 38.8 Å². The minimum atomic E-state index is -0.835. The second-order valence-corrected chi connectivity index (χ2v) is 7.56. The van der Waals surface area contributed by atoms with E-state index in [4.69, 9.17) is 4.74 Å². The molecular formula is C20H27N3O3. The van der Waals surface area contributed by atoms with Crippen LogP contribution in [0.2, 0.25) is 0 Å².